The fraction of sp³-hybridized carbons (Fsp3) is 0.200. The highest BCUT2D eigenvalue weighted by atomic mass is 16.2. The minimum atomic E-state index is -0.126. The second-order valence-corrected chi connectivity index (χ2v) is 4.62. The molecule has 4 heteroatoms. The van der Waals surface area contributed by atoms with Crippen LogP contribution in [0.2, 0.25) is 0 Å². The minimum absolute atomic E-state index is 0.0271. The first-order chi connectivity index (χ1) is 9.25. The summed E-state index contributed by atoms with van der Waals surface area (Å²) in [6.45, 7) is 0.656. The van der Waals surface area contributed by atoms with Crippen molar-refractivity contribution in [1.29, 1.82) is 0 Å². The normalized spacial score (nSPS) is 15.2. The van der Waals surface area contributed by atoms with Gasteiger partial charge in [0.2, 0.25) is 5.91 Å². The van der Waals surface area contributed by atoms with Gasteiger partial charge < -0.3 is 10.3 Å². The molecule has 0 fully saturated rings. The van der Waals surface area contributed by atoms with Gasteiger partial charge in [-0.3, -0.25) is 9.59 Å². The number of para-hydroxylation sites is 1. The van der Waals surface area contributed by atoms with Crippen molar-refractivity contribution < 1.29 is 9.59 Å². The summed E-state index contributed by atoms with van der Waals surface area (Å²) in [5.74, 6) is -0.153. The lowest BCUT2D eigenvalue weighted by Crippen LogP contribution is -2.30. The van der Waals surface area contributed by atoms with Crippen LogP contribution in [-0.2, 0) is 4.79 Å². The number of benzene rings is 1. The highest BCUT2D eigenvalue weighted by molar-refractivity contribution is 6.11. The van der Waals surface area contributed by atoms with Crippen molar-refractivity contribution in [3.8, 4) is 0 Å². The number of hydrogen-bond acceptors (Lipinski definition) is 2. The summed E-state index contributed by atoms with van der Waals surface area (Å²) in [5, 5.41) is 3.66. The van der Waals surface area contributed by atoms with Gasteiger partial charge in [-0.25, -0.2) is 0 Å². The molecule has 96 valence electrons. The van der Waals surface area contributed by atoms with Crippen LogP contribution >= 0.6 is 0 Å². The van der Waals surface area contributed by atoms with E-state index in [4.69, 9.17) is 0 Å². The Morgan fingerprint density at radius 2 is 2.11 bits per heavy atom. The molecule has 0 spiro atoms. The number of nitrogens with one attached hydrogen (secondary N) is 2. The van der Waals surface area contributed by atoms with Gasteiger partial charge >= 0.3 is 0 Å². The predicted molar refractivity (Wildman–Crippen MR) is 73.0 cm³/mol. The van der Waals surface area contributed by atoms with Crippen LogP contribution in [0.4, 0.5) is 0 Å². The fourth-order valence-electron chi connectivity index (χ4n) is 2.36. The summed E-state index contributed by atoms with van der Waals surface area (Å²) in [4.78, 5) is 27.0. The molecule has 0 unspecified atom stereocenters. The molecule has 2 N–H and O–H groups in total. The Kier molecular flexibility index (Phi) is 2.91. The van der Waals surface area contributed by atoms with Gasteiger partial charge in [0.1, 0.15) is 0 Å². The van der Waals surface area contributed by atoms with Gasteiger partial charge in [-0.15, -0.1) is 0 Å². The van der Waals surface area contributed by atoms with Crippen LogP contribution in [0, 0.1) is 0 Å². The van der Waals surface area contributed by atoms with Crippen LogP contribution in [0.15, 0.2) is 42.1 Å². The van der Waals surface area contributed by atoms with Crippen LogP contribution in [0.25, 0.3) is 10.9 Å². The lowest BCUT2D eigenvalue weighted by molar-refractivity contribution is -0.117. The zero-order chi connectivity index (χ0) is 13.2. The molecule has 1 aromatic carbocycles. The molecular formula is C15H14N2O2. The SMILES string of the molecule is O=C1NCCC=C1CC(=O)c1c[nH]c2ccccc12. The maximum Gasteiger partial charge on any atom is 0.247 e. The van der Waals surface area contributed by atoms with E-state index >= 15 is 0 Å². The first-order valence-electron chi connectivity index (χ1n) is 6.32. The lowest BCUT2D eigenvalue weighted by Gasteiger charge is -2.12. The molecule has 0 saturated carbocycles. The molecule has 3 rings (SSSR count). The molecule has 0 aliphatic carbocycles. The molecule has 4 nitrogen and oxygen atoms in total. The average Bonchev–Trinajstić information content (AvgIpc) is 2.85. The molecule has 0 atom stereocenters. The third-order valence-electron chi connectivity index (χ3n) is 3.35. The number of Topliss-reactive ketones (excluding diaryl/α,β-unsaturated/α-hetero) is 1. The number of carbonyl (C=O) groups excluding carboxylic acids is 2. The van der Waals surface area contributed by atoms with Crippen LogP contribution in [0.3, 0.4) is 0 Å². The first kappa shape index (κ1) is 11.7. The number of hydrogen-bond donors (Lipinski definition) is 2. The molecule has 2 aromatic rings. The molecule has 1 aliphatic heterocycles. The van der Waals surface area contributed by atoms with E-state index in [-0.39, 0.29) is 18.1 Å². The molecule has 0 saturated heterocycles. The monoisotopic (exact) mass is 254 g/mol. The predicted octanol–water partition coefficient (Wildman–Crippen LogP) is 2.19. The van der Waals surface area contributed by atoms with Crippen LogP contribution in [-0.4, -0.2) is 23.2 Å². The van der Waals surface area contributed by atoms with Crippen molar-refractivity contribution in [3.63, 3.8) is 0 Å². The van der Waals surface area contributed by atoms with Gasteiger partial charge in [-0.1, -0.05) is 24.3 Å². The number of aromatic amines is 1. The second kappa shape index (κ2) is 4.72. The Balaban J connectivity index is 1.88. The summed E-state index contributed by atoms with van der Waals surface area (Å²) in [6, 6.07) is 7.66. The van der Waals surface area contributed by atoms with E-state index in [9.17, 15) is 9.59 Å². The lowest BCUT2D eigenvalue weighted by atomic mass is 10.00. The number of carbonyl (C=O) groups is 2. The van der Waals surface area contributed by atoms with E-state index in [1.165, 1.54) is 0 Å². The fourth-order valence-corrected chi connectivity index (χ4v) is 2.36. The molecule has 19 heavy (non-hydrogen) atoms. The molecule has 1 aliphatic rings. The Labute approximate surface area is 110 Å². The molecular weight excluding hydrogens is 240 g/mol. The Bertz CT molecular complexity index is 682. The van der Waals surface area contributed by atoms with Crippen molar-refractivity contribution >= 4 is 22.6 Å². The summed E-state index contributed by atoms with van der Waals surface area (Å²) >= 11 is 0. The molecule has 0 bridgehead atoms. The number of rotatable bonds is 3. The van der Waals surface area contributed by atoms with Gasteiger partial charge in [0.15, 0.2) is 5.78 Å². The number of ketones is 1. The highest BCUT2D eigenvalue weighted by Gasteiger charge is 2.19. The second-order valence-electron chi connectivity index (χ2n) is 4.62. The van der Waals surface area contributed by atoms with E-state index in [0.29, 0.717) is 17.7 Å². The van der Waals surface area contributed by atoms with E-state index in [0.717, 1.165) is 17.3 Å². The van der Waals surface area contributed by atoms with Crippen molar-refractivity contribution in [2.45, 2.75) is 12.8 Å². The summed E-state index contributed by atoms with van der Waals surface area (Å²) < 4.78 is 0. The van der Waals surface area contributed by atoms with E-state index in [2.05, 4.69) is 10.3 Å². The Morgan fingerprint density at radius 1 is 1.26 bits per heavy atom. The summed E-state index contributed by atoms with van der Waals surface area (Å²) in [7, 11) is 0. The van der Waals surface area contributed by atoms with Gasteiger partial charge in [-0.2, -0.15) is 0 Å². The van der Waals surface area contributed by atoms with Crippen LogP contribution in [0.1, 0.15) is 23.2 Å². The molecule has 2 heterocycles. The number of H-pyrrole nitrogens is 1. The Hall–Kier alpha value is -2.36. The maximum absolute atomic E-state index is 12.3. The Morgan fingerprint density at radius 3 is 2.95 bits per heavy atom. The van der Waals surface area contributed by atoms with Crippen LogP contribution < -0.4 is 5.32 Å². The van der Waals surface area contributed by atoms with Gasteiger partial charge in [0, 0.05) is 41.2 Å². The largest absolute Gasteiger partial charge is 0.360 e. The van der Waals surface area contributed by atoms with Crippen LogP contribution in [0.5, 0.6) is 0 Å². The van der Waals surface area contributed by atoms with Crippen molar-refractivity contribution in [3.05, 3.63) is 47.7 Å². The van der Waals surface area contributed by atoms with E-state index in [1.807, 2.05) is 30.3 Å². The molecule has 1 aromatic heterocycles. The first-order valence-corrected chi connectivity index (χ1v) is 6.32. The quantitative estimate of drug-likeness (QED) is 0.825. The highest BCUT2D eigenvalue weighted by Crippen LogP contribution is 2.21. The average molecular weight is 254 g/mol. The van der Waals surface area contributed by atoms with Crippen molar-refractivity contribution in [1.82, 2.24) is 10.3 Å². The van der Waals surface area contributed by atoms with Crippen molar-refractivity contribution in [2.75, 3.05) is 6.54 Å². The number of aromatic nitrogens is 1. The molecule has 1 amide bonds. The zero-order valence-electron chi connectivity index (χ0n) is 10.4. The zero-order valence-corrected chi connectivity index (χ0v) is 10.4. The van der Waals surface area contributed by atoms with Crippen molar-refractivity contribution in [2.24, 2.45) is 0 Å². The standard InChI is InChI=1S/C15H14N2O2/c18-14(8-10-4-3-7-16-15(10)19)12-9-17-13-6-2-1-5-11(12)13/h1-2,4-6,9,17H,3,7-8H2,(H,16,19). The van der Waals surface area contributed by atoms with E-state index < -0.39 is 0 Å². The topological polar surface area (TPSA) is 62.0 Å². The third kappa shape index (κ3) is 2.17. The number of amides is 1. The number of fused-ring (bicyclic) bond motifs is 1. The van der Waals surface area contributed by atoms with Gasteiger partial charge in [0.25, 0.3) is 0 Å². The summed E-state index contributed by atoms with van der Waals surface area (Å²) in [5.41, 5.74) is 2.16. The smallest absolute Gasteiger partial charge is 0.247 e. The third-order valence-corrected chi connectivity index (χ3v) is 3.35. The molecule has 0 radical (unpaired) electrons. The maximum atomic E-state index is 12.3. The summed E-state index contributed by atoms with van der Waals surface area (Å²) in [6.07, 6.45) is 4.52. The van der Waals surface area contributed by atoms with Gasteiger partial charge in [0.05, 0.1) is 0 Å². The minimum Gasteiger partial charge on any atom is -0.360 e. The van der Waals surface area contributed by atoms with Gasteiger partial charge in [-0.05, 0) is 12.5 Å². The van der Waals surface area contributed by atoms with E-state index in [1.54, 1.807) is 6.20 Å².